The van der Waals surface area contributed by atoms with Crippen LogP contribution in [0.15, 0.2) is 62.0 Å². The fourth-order valence-electron chi connectivity index (χ4n) is 3.19. The van der Waals surface area contributed by atoms with Gasteiger partial charge in [-0.1, -0.05) is 29.8 Å². The first kappa shape index (κ1) is 22.6. The lowest BCUT2D eigenvalue weighted by Crippen LogP contribution is -2.18. The highest BCUT2D eigenvalue weighted by molar-refractivity contribution is 6.30. The molecular weight excluding hydrogens is 412 g/mol. The average Bonchev–Trinajstić information content (AvgIpc) is 2.76. The van der Waals surface area contributed by atoms with Gasteiger partial charge in [0.2, 0.25) is 0 Å². The van der Waals surface area contributed by atoms with E-state index in [0.29, 0.717) is 28.9 Å². The minimum atomic E-state index is 0.510. The Morgan fingerprint density at radius 2 is 1.97 bits per heavy atom. The molecule has 0 aliphatic rings. The van der Waals surface area contributed by atoms with Crippen molar-refractivity contribution in [3.8, 4) is 11.5 Å². The number of ether oxygens (including phenoxy) is 2. The number of likely N-dealkylation sites (N-methyl/N-ethyl adjacent to an activating group) is 1. The summed E-state index contributed by atoms with van der Waals surface area (Å²) in [6.07, 6.45) is 5.95. The van der Waals surface area contributed by atoms with Crippen molar-refractivity contribution in [3.63, 3.8) is 0 Å². The van der Waals surface area contributed by atoms with Crippen LogP contribution >= 0.6 is 11.6 Å². The smallest absolute Gasteiger partial charge is 0.162 e. The molecule has 0 spiro atoms. The molecule has 0 amide bonds. The van der Waals surface area contributed by atoms with Gasteiger partial charge in [-0.15, -0.1) is 13.2 Å². The maximum absolute atomic E-state index is 6.29. The molecule has 0 radical (unpaired) electrons. The van der Waals surface area contributed by atoms with Crippen LogP contribution in [0.2, 0.25) is 5.02 Å². The van der Waals surface area contributed by atoms with Gasteiger partial charge in [-0.25, -0.2) is 9.97 Å². The Labute approximate surface area is 188 Å². The summed E-state index contributed by atoms with van der Waals surface area (Å²) in [6, 6.07) is 9.55. The summed E-state index contributed by atoms with van der Waals surface area (Å²) in [7, 11) is 3.65. The summed E-state index contributed by atoms with van der Waals surface area (Å²) >= 11 is 6.29. The van der Waals surface area contributed by atoms with Crippen LogP contribution in [0.25, 0.3) is 10.9 Å². The maximum atomic E-state index is 6.29. The van der Waals surface area contributed by atoms with E-state index in [0.717, 1.165) is 41.7 Å². The molecule has 2 aromatic carbocycles. The third-order valence-corrected chi connectivity index (χ3v) is 4.94. The zero-order valence-electron chi connectivity index (χ0n) is 17.9. The van der Waals surface area contributed by atoms with E-state index in [1.807, 2.05) is 49.5 Å². The van der Waals surface area contributed by atoms with Gasteiger partial charge >= 0.3 is 0 Å². The molecule has 0 saturated carbocycles. The standard InChI is InChI=1S/C24H27ClN4O2/c1-5-7-11-31-23-13-19-21(14-22(23)30-4)26-16-27-24(19)28-20-12-18(25)9-8-17(20)15-29(3)10-6-2/h5-6,8-9,12-14,16H,1-2,7,10-11,15H2,3-4H3,(H,26,27,28). The van der Waals surface area contributed by atoms with Gasteiger partial charge in [-0.2, -0.15) is 0 Å². The SMILES string of the molecule is C=CCCOc1cc2c(Nc3cc(Cl)ccc3CN(C)CC=C)ncnc2cc1OC. The summed E-state index contributed by atoms with van der Waals surface area (Å²) in [6.45, 7) is 9.56. The van der Waals surface area contributed by atoms with Crippen molar-refractivity contribution in [2.75, 3.05) is 32.6 Å². The van der Waals surface area contributed by atoms with Crippen LogP contribution in [0.3, 0.4) is 0 Å². The number of fused-ring (bicyclic) bond motifs is 1. The Balaban J connectivity index is 1.99. The third kappa shape index (κ3) is 5.75. The number of halogens is 1. The van der Waals surface area contributed by atoms with E-state index in [9.17, 15) is 0 Å². The number of aromatic nitrogens is 2. The Morgan fingerprint density at radius 1 is 1.13 bits per heavy atom. The Bertz CT molecular complexity index is 1070. The van der Waals surface area contributed by atoms with Crippen LogP contribution in [-0.4, -0.2) is 42.2 Å². The van der Waals surface area contributed by atoms with Crippen LogP contribution in [-0.2, 0) is 6.54 Å². The summed E-state index contributed by atoms with van der Waals surface area (Å²) in [4.78, 5) is 11.0. The molecule has 1 heterocycles. The molecule has 0 unspecified atom stereocenters. The second-order valence-corrected chi connectivity index (χ2v) is 7.52. The monoisotopic (exact) mass is 438 g/mol. The summed E-state index contributed by atoms with van der Waals surface area (Å²) in [5.74, 6) is 1.92. The van der Waals surface area contributed by atoms with Crippen LogP contribution in [0.1, 0.15) is 12.0 Å². The normalized spacial score (nSPS) is 10.8. The lowest BCUT2D eigenvalue weighted by Gasteiger charge is -2.19. The molecule has 3 rings (SSSR count). The van der Waals surface area contributed by atoms with Crippen molar-refractivity contribution in [1.82, 2.24) is 14.9 Å². The van der Waals surface area contributed by atoms with Gasteiger partial charge in [-0.05, 0) is 37.2 Å². The van der Waals surface area contributed by atoms with E-state index in [-0.39, 0.29) is 0 Å². The molecule has 0 aliphatic heterocycles. The molecule has 0 saturated heterocycles. The van der Waals surface area contributed by atoms with Crippen molar-refractivity contribution >= 4 is 34.0 Å². The molecular formula is C24H27ClN4O2. The number of rotatable bonds is 11. The third-order valence-electron chi connectivity index (χ3n) is 4.71. The lowest BCUT2D eigenvalue weighted by molar-refractivity contribution is 0.300. The number of hydrogen-bond acceptors (Lipinski definition) is 6. The molecule has 6 nitrogen and oxygen atoms in total. The van der Waals surface area contributed by atoms with Crippen LogP contribution in [0.4, 0.5) is 11.5 Å². The Hall–Kier alpha value is -3.09. The average molecular weight is 439 g/mol. The van der Waals surface area contributed by atoms with Gasteiger partial charge in [0.05, 0.1) is 19.2 Å². The topological polar surface area (TPSA) is 59.5 Å². The molecule has 3 aromatic rings. The van der Waals surface area contributed by atoms with Crippen molar-refractivity contribution in [1.29, 1.82) is 0 Å². The van der Waals surface area contributed by atoms with Crippen molar-refractivity contribution in [2.24, 2.45) is 0 Å². The van der Waals surface area contributed by atoms with E-state index in [2.05, 4.69) is 33.3 Å². The van der Waals surface area contributed by atoms with Crippen LogP contribution in [0.5, 0.6) is 11.5 Å². The van der Waals surface area contributed by atoms with E-state index in [4.69, 9.17) is 21.1 Å². The minimum Gasteiger partial charge on any atom is -0.493 e. The van der Waals surface area contributed by atoms with E-state index in [1.54, 1.807) is 7.11 Å². The van der Waals surface area contributed by atoms with Gasteiger partial charge < -0.3 is 14.8 Å². The van der Waals surface area contributed by atoms with E-state index in [1.165, 1.54) is 6.33 Å². The van der Waals surface area contributed by atoms with Crippen molar-refractivity contribution in [2.45, 2.75) is 13.0 Å². The fraction of sp³-hybridized carbons (Fsp3) is 0.250. The fourth-order valence-corrected chi connectivity index (χ4v) is 3.37. The highest BCUT2D eigenvalue weighted by atomic mass is 35.5. The first-order valence-electron chi connectivity index (χ1n) is 9.97. The quantitative estimate of drug-likeness (QED) is 0.310. The molecule has 0 atom stereocenters. The second-order valence-electron chi connectivity index (χ2n) is 7.08. The number of anilines is 2. The Kier molecular flexibility index (Phi) is 7.87. The first-order chi connectivity index (χ1) is 15.0. The van der Waals surface area contributed by atoms with Gasteiger partial charge in [0, 0.05) is 35.3 Å². The molecule has 31 heavy (non-hydrogen) atoms. The largest absolute Gasteiger partial charge is 0.493 e. The van der Waals surface area contributed by atoms with Crippen LogP contribution < -0.4 is 14.8 Å². The molecule has 0 bridgehead atoms. The van der Waals surface area contributed by atoms with Gasteiger partial charge in [-0.3, -0.25) is 4.90 Å². The number of hydrogen-bond donors (Lipinski definition) is 1. The number of methoxy groups -OCH3 is 1. The zero-order valence-corrected chi connectivity index (χ0v) is 18.7. The summed E-state index contributed by atoms with van der Waals surface area (Å²) < 4.78 is 11.4. The van der Waals surface area contributed by atoms with Crippen LogP contribution in [0, 0.1) is 0 Å². The molecule has 0 fully saturated rings. The van der Waals surface area contributed by atoms with Crippen molar-refractivity contribution < 1.29 is 9.47 Å². The molecule has 1 aromatic heterocycles. The van der Waals surface area contributed by atoms with E-state index < -0.39 is 0 Å². The predicted molar refractivity (Wildman–Crippen MR) is 128 cm³/mol. The number of nitrogens with one attached hydrogen (secondary N) is 1. The molecule has 1 N–H and O–H groups in total. The molecule has 7 heteroatoms. The van der Waals surface area contributed by atoms with Gasteiger partial charge in [0.25, 0.3) is 0 Å². The lowest BCUT2D eigenvalue weighted by atomic mass is 10.1. The highest BCUT2D eigenvalue weighted by Gasteiger charge is 2.14. The van der Waals surface area contributed by atoms with Gasteiger partial charge in [0.1, 0.15) is 12.1 Å². The number of nitrogens with zero attached hydrogens (tertiary/aromatic N) is 3. The maximum Gasteiger partial charge on any atom is 0.162 e. The predicted octanol–water partition coefficient (Wildman–Crippen LogP) is 5.61. The highest BCUT2D eigenvalue weighted by Crippen LogP contribution is 2.35. The second kappa shape index (κ2) is 10.8. The van der Waals surface area contributed by atoms with Crippen molar-refractivity contribution in [3.05, 3.63) is 72.6 Å². The summed E-state index contributed by atoms with van der Waals surface area (Å²) in [5.41, 5.74) is 2.72. The zero-order chi connectivity index (χ0) is 22.2. The molecule has 162 valence electrons. The van der Waals surface area contributed by atoms with Gasteiger partial charge in [0.15, 0.2) is 11.5 Å². The molecule has 0 aliphatic carbocycles. The first-order valence-corrected chi connectivity index (χ1v) is 10.3. The number of benzene rings is 2. The minimum absolute atomic E-state index is 0.510. The van der Waals surface area contributed by atoms with E-state index >= 15 is 0 Å². The Morgan fingerprint density at radius 3 is 2.71 bits per heavy atom. The summed E-state index contributed by atoms with van der Waals surface area (Å²) in [5, 5.41) is 4.90.